The predicted molar refractivity (Wildman–Crippen MR) is 230 cm³/mol. The maximum absolute atomic E-state index is 15.3. The van der Waals surface area contributed by atoms with Crippen LogP contribution in [0.2, 0.25) is 0 Å². The number of amides is 2. The maximum Gasteiger partial charge on any atom is 0.268 e. The SMILES string of the molecule is Cc1cc(C#N)ccc1-c1ccc2c(c1)c1ccccc1n2-c1cccc2c1C(=O)N(c1c(-c3ccccc3)cc(-c3ccccc3)cc1-c1ccccc1)C2=O. The molecule has 10 rings (SSSR count). The van der Waals surface area contributed by atoms with Crippen LogP contribution in [0.25, 0.3) is 72.0 Å². The molecule has 268 valence electrons. The van der Waals surface area contributed by atoms with Crippen LogP contribution < -0.4 is 4.90 Å². The number of nitriles is 1. The normalized spacial score (nSPS) is 12.3. The summed E-state index contributed by atoms with van der Waals surface area (Å²) in [5.41, 5.74) is 12.9. The second kappa shape index (κ2) is 13.5. The number of aryl methyl sites for hydroxylation is 1. The maximum atomic E-state index is 15.3. The lowest BCUT2D eigenvalue weighted by Gasteiger charge is -2.24. The fourth-order valence-electron chi connectivity index (χ4n) is 8.46. The van der Waals surface area contributed by atoms with Crippen LogP contribution in [-0.2, 0) is 0 Å². The molecule has 57 heavy (non-hydrogen) atoms. The van der Waals surface area contributed by atoms with E-state index in [4.69, 9.17) is 0 Å². The molecule has 2 heterocycles. The summed E-state index contributed by atoms with van der Waals surface area (Å²) in [4.78, 5) is 31.6. The molecular formula is C52H33N3O2. The Labute approximate surface area is 329 Å². The van der Waals surface area contributed by atoms with Gasteiger partial charge < -0.3 is 4.57 Å². The Morgan fingerprint density at radius 2 is 1.07 bits per heavy atom. The molecule has 0 fully saturated rings. The molecule has 0 N–H and O–H groups in total. The first-order chi connectivity index (χ1) is 28.0. The van der Waals surface area contributed by atoms with Crippen LogP contribution in [0.15, 0.2) is 182 Å². The molecular weight excluding hydrogens is 699 g/mol. The largest absolute Gasteiger partial charge is 0.308 e. The Morgan fingerprint density at radius 1 is 0.456 bits per heavy atom. The van der Waals surface area contributed by atoms with Gasteiger partial charge in [-0.15, -0.1) is 0 Å². The van der Waals surface area contributed by atoms with Gasteiger partial charge in [0, 0.05) is 21.9 Å². The number of carbonyl (C=O) groups is 2. The van der Waals surface area contributed by atoms with Gasteiger partial charge in [0.2, 0.25) is 0 Å². The molecule has 1 aliphatic rings. The van der Waals surface area contributed by atoms with Gasteiger partial charge in [-0.1, -0.05) is 127 Å². The van der Waals surface area contributed by atoms with Gasteiger partial charge in [-0.25, -0.2) is 4.90 Å². The highest BCUT2D eigenvalue weighted by atomic mass is 16.2. The third kappa shape index (κ3) is 5.46. The molecule has 0 spiro atoms. The summed E-state index contributed by atoms with van der Waals surface area (Å²) in [5, 5.41) is 11.5. The zero-order chi connectivity index (χ0) is 38.6. The van der Waals surface area contributed by atoms with Crippen molar-refractivity contribution in [3.05, 3.63) is 204 Å². The number of rotatable bonds is 6. The number of nitrogens with zero attached hydrogens (tertiary/aromatic N) is 3. The Kier molecular flexibility index (Phi) is 7.98. The predicted octanol–water partition coefficient (Wildman–Crippen LogP) is 12.4. The van der Waals surface area contributed by atoms with E-state index in [9.17, 15) is 10.1 Å². The summed E-state index contributed by atoms with van der Waals surface area (Å²) in [7, 11) is 0. The fourth-order valence-corrected chi connectivity index (χ4v) is 8.46. The van der Waals surface area contributed by atoms with Crippen molar-refractivity contribution in [1.82, 2.24) is 4.57 Å². The van der Waals surface area contributed by atoms with Crippen LogP contribution in [0, 0.1) is 18.3 Å². The van der Waals surface area contributed by atoms with Crippen molar-refractivity contribution >= 4 is 39.3 Å². The average Bonchev–Trinajstić information content (AvgIpc) is 3.73. The van der Waals surface area contributed by atoms with E-state index in [2.05, 4.69) is 65.2 Å². The zero-order valence-corrected chi connectivity index (χ0v) is 31.0. The first-order valence-corrected chi connectivity index (χ1v) is 18.9. The van der Waals surface area contributed by atoms with Gasteiger partial charge in [-0.3, -0.25) is 9.59 Å². The summed E-state index contributed by atoms with van der Waals surface area (Å²) in [6, 6.07) is 62.4. The Hall–Kier alpha value is -7.81. The number of carbonyl (C=O) groups excluding carboxylic acids is 2. The molecule has 0 radical (unpaired) electrons. The zero-order valence-electron chi connectivity index (χ0n) is 31.0. The molecule has 0 unspecified atom stereocenters. The van der Waals surface area contributed by atoms with E-state index in [1.54, 1.807) is 6.07 Å². The molecule has 8 aromatic carbocycles. The minimum absolute atomic E-state index is 0.360. The van der Waals surface area contributed by atoms with Crippen molar-refractivity contribution in [2.75, 3.05) is 4.90 Å². The lowest BCUT2D eigenvalue weighted by atomic mass is 9.90. The number of aromatic nitrogens is 1. The highest BCUT2D eigenvalue weighted by Crippen LogP contribution is 2.47. The molecule has 5 heteroatoms. The van der Waals surface area contributed by atoms with Gasteiger partial charge in [-0.05, 0) is 100 Å². The van der Waals surface area contributed by atoms with E-state index in [1.807, 2.05) is 128 Å². The number of imide groups is 1. The topological polar surface area (TPSA) is 66.1 Å². The van der Waals surface area contributed by atoms with Crippen molar-refractivity contribution in [1.29, 1.82) is 5.26 Å². The second-order valence-electron chi connectivity index (χ2n) is 14.4. The third-order valence-corrected chi connectivity index (χ3v) is 11.1. The van der Waals surface area contributed by atoms with E-state index in [0.717, 1.165) is 71.9 Å². The third-order valence-electron chi connectivity index (χ3n) is 11.1. The quantitative estimate of drug-likeness (QED) is 0.160. The van der Waals surface area contributed by atoms with E-state index < -0.39 is 0 Å². The number of para-hydroxylation sites is 1. The van der Waals surface area contributed by atoms with Crippen molar-refractivity contribution in [3.63, 3.8) is 0 Å². The van der Waals surface area contributed by atoms with Gasteiger partial charge in [0.1, 0.15) is 0 Å². The van der Waals surface area contributed by atoms with E-state index in [0.29, 0.717) is 28.1 Å². The van der Waals surface area contributed by atoms with Crippen LogP contribution in [0.4, 0.5) is 5.69 Å². The lowest BCUT2D eigenvalue weighted by Crippen LogP contribution is -2.30. The Bertz CT molecular complexity index is 3060. The van der Waals surface area contributed by atoms with Crippen molar-refractivity contribution in [2.45, 2.75) is 6.92 Å². The second-order valence-corrected chi connectivity index (χ2v) is 14.4. The monoisotopic (exact) mass is 731 g/mol. The molecule has 0 saturated heterocycles. The van der Waals surface area contributed by atoms with Crippen molar-refractivity contribution in [3.8, 4) is 56.3 Å². The van der Waals surface area contributed by atoms with Gasteiger partial charge in [0.15, 0.2) is 0 Å². The highest BCUT2D eigenvalue weighted by molar-refractivity contribution is 6.37. The summed E-state index contributed by atoms with van der Waals surface area (Å²) in [6.45, 7) is 2.02. The first-order valence-electron chi connectivity index (χ1n) is 18.9. The number of anilines is 1. The van der Waals surface area contributed by atoms with Crippen LogP contribution in [0.3, 0.4) is 0 Å². The Morgan fingerprint density at radius 3 is 1.72 bits per heavy atom. The van der Waals surface area contributed by atoms with Crippen LogP contribution in [-0.4, -0.2) is 16.4 Å². The molecule has 2 amide bonds. The van der Waals surface area contributed by atoms with Gasteiger partial charge in [0.05, 0.1) is 45.2 Å². The number of hydrogen-bond acceptors (Lipinski definition) is 3. The van der Waals surface area contributed by atoms with Crippen molar-refractivity contribution < 1.29 is 9.59 Å². The van der Waals surface area contributed by atoms with Crippen LogP contribution in [0.5, 0.6) is 0 Å². The Balaban J connectivity index is 1.19. The summed E-state index contributed by atoms with van der Waals surface area (Å²) in [6.07, 6.45) is 0. The molecule has 0 bridgehead atoms. The molecule has 5 nitrogen and oxygen atoms in total. The average molecular weight is 732 g/mol. The van der Waals surface area contributed by atoms with Crippen LogP contribution >= 0.6 is 0 Å². The standard InChI is InChI=1S/C52H33N3O2/c1-33-28-34(32-53)24-26-40(33)38-25-27-47-45(29-38)41-20-11-12-22-46(41)54(47)48-23-13-21-42-49(48)52(57)55(51(42)56)50-43(36-16-7-3-8-17-36)30-39(35-14-5-2-6-15-35)31-44(50)37-18-9-4-10-19-37/h2-31H,1H3. The molecule has 9 aromatic rings. The molecule has 1 aliphatic heterocycles. The number of benzene rings is 8. The molecule has 0 atom stereocenters. The van der Waals surface area contributed by atoms with Gasteiger partial charge in [0.25, 0.3) is 11.8 Å². The summed E-state index contributed by atoms with van der Waals surface area (Å²) < 4.78 is 2.11. The molecule has 1 aromatic heterocycles. The van der Waals surface area contributed by atoms with E-state index in [-0.39, 0.29) is 11.8 Å². The smallest absolute Gasteiger partial charge is 0.268 e. The lowest BCUT2D eigenvalue weighted by molar-refractivity contribution is 0.0926. The first kappa shape index (κ1) is 33.7. The minimum Gasteiger partial charge on any atom is -0.308 e. The summed E-state index contributed by atoms with van der Waals surface area (Å²) >= 11 is 0. The van der Waals surface area contributed by atoms with Gasteiger partial charge in [-0.2, -0.15) is 5.26 Å². The van der Waals surface area contributed by atoms with E-state index >= 15 is 4.79 Å². The highest BCUT2D eigenvalue weighted by Gasteiger charge is 2.41. The molecule has 0 aliphatic carbocycles. The van der Waals surface area contributed by atoms with Crippen LogP contribution in [0.1, 0.15) is 31.8 Å². The van der Waals surface area contributed by atoms with Gasteiger partial charge >= 0.3 is 0 Å². The fraction of sp³-hybridized carbons (Fsp3) is 0.0192. The molecule has 0 saturated carbocycles. The minimum atomic E-state index is -0.372. The number of hydrogen-bond donors (Lipinski definition) is 0. The van der Waals surface area contributed by atoms with Crippen molar-refractivity contribution in [2.24, 2.45) is 0 Å². The van der Waals surface area contributed by atoms with E-state index in [1.165, 1.54) is 4.90 Å². The number of fused-ring (bicyclic) bond motifs is 4. The summed E-state index contributed by atoms with van der Waals surface area (Å²) in [5.74, 6) is -0.735.